The van der Waals surface area contributed by atoms with Crippen LogP contribution in [0.4, 0.5) is 5.69 Å². The Hall–Kier alpha value is -2.53. The minimum absolute atomic E-state index is 0.587. The molecule has 5 nitrogen and oxygen atoms in total. The second kappa shape index (κ2) is 8.53. The summed E-state index contributed by atoms with van der Waals surface area (Å²) in [5.74, 6) is 1.55. The van der Waals surface area contributed by atoms with Gasteiger partial charge in [0.2, 0.25) is 0 Å². The Balaban J connectivity index is 1.45. The van der Waals surface area contributed by atoms with Crippen LogP contribution in [-0.2, 0) is 0 Å². The second-order valence-electron chi connectivity index (χ2n) is 6.03. The predicted molar refractivity (Wildman–Crippen MR) is 99.0 cm³/mol. The number of hydrogen-bond acceptors (Lipinski definition) is 5. The first-order valence-corrected chi connectivity index (χ1v) is 8.58. The van der Waals surface area contributed by atoms with Crippen LogP contribution in [0.25, 0.3) is 0 Å². The van der Waals surface area contributed by atoms with Crippen molar-refractivity contribution in [2.24, 2.45) is 0 Å². The minimum atomic E-state index is 0.587. The fourth-order valence-electron chi connectivity index (χ4n) is 3.03. The number of hydrogen-bond donors (Lipinski definition) is 0. The van der Waals surface area contributed by atoms with Crippen molar-refractivity contribution in [3.63, 3.8) is 0 Å². The van der Waals surface area contributed by atoms with Gasteiger partial charge in [0, 0.05) is 44.5 Å². The lowest BCUT2D eigenvalue weighted by Crippen LogP contribution is -2.47. The molecule has 0 amide bonds. The van der Waals surface area contributed by atoms with Gasteiger partial charge in [-0.15, -0.1) is 0 Å². The predicted octanol–water partition coefficient (Wildman–Crippen LogP) is 2.71. The summed E-state index contributed by atoms with van der Waals surface area (Å²) in [4.78, 5) is 15.8. The van der Waals surface area contributed by atoms with Crippen molar-refractivity contribution in [3.8, 4) is 11.5 Å². The van der Waals surface area contributed by atoms with Gasteiger partial charge in [-0.1, -0.05) is 18.2 Å². The zero-order chi connectivity index (χ0) is 17.5. The summed E-state index contributed by atoms with van der Waals surface area (Å²) >= 11 is 0. The monoisotopic (exact) mass is 340 g/mol. The molecule has 25 heavy (non-hydrogen) atoms. The number of carbonyl (C=O) groups excluding carboxylic acids is 1. The smallest absolute Gasteiger partial charge is 0.153 e. The number of aldehydes is 1. The summed E-state index contributed by atoms with van der Waals surface area (Å²) in [5.41, 5.74) is 1.81. The summed E-state index contributed by atoms with van der Waals surface area (Å²) in [7, 11) is 1.69. The molecular formula is C20H24N2O3. The van der Waals surface area contributed by atoms with E-state index in [4.69, 9.17) is 9.47 Å². The third kappa shape index (κ3) is 4.51. The zero-order valence-corrected chi connectivity index (χ0v) is 14.6. The third-order valence-electron chi connectivity index (χ3n) is 4.50. The van der Waals surface area contributed by atoms with E-state index in [0.29, 0.717) is 17.9 Å². The molecule has 1 saturated heterocycles. The minimum Gasteiger partial charge on any atom is -0.497 e. The van der Waals surface area contributed by atoms with Crippen LogP contribution >= 0.6 is 0 Å². The summed E-state index contributed by atoms with van der Waals surface area (Å²) in [5, 5.41) is 0. The molecule has 5 heteroatoms. The van der Waals surface area contributed by atoms with E-state index in [1.807, 2.05) is 30.3 Å². The number of para-hydroxylation sites is 1. The van der Waals surface area contributed by atoms with Crippen molar-refractivity contribution in [3.05, 3.63) is 54.1 Å². The maximum atomic E-state index is 11.0. The van der Waals surface area contributed by atoms with Crippen molar-refractivity contribution in [1.82, 2.24) is 4.90 Å². The quantitative estimate of drug-likeness (QED) is 0.725. The Morgan fingerprint density at radius 1 is 1.04 bits per heavy atom. The Labute approximate surface area is 148 Å². The van der Waals surface area contributed by atoms with E-state index in [-0.39, 0.29) is 0 Å². The van der Waals surface area contributed by atoms with E-state index in [0.717, 1.165) is 44.8 Å². The highest BCUT2D eigenvalue weighted by molar-refractivity contribution is 5.79. The van der Waals surface area contributed by atoms with Gasteiger partial charge < -0.3 is 14.4 Å². The van der Waals surface area contributed by atoms with E-state index in [1.165, 1.54) is 5.69 Å². The highest BCUT2D eigenvalue weighted by Gasteiger charge is 2.17. The van der Waals surface area contributed by atoms with Crippen LogP contribution in [0.1, 0.15) is 10.4 Å². The van der Waals surface area contributed by atoms with Crippen molar-refractivity contribution in [2.75, 3.05) is 51.3 Å². The van der Waals surface area contributed by atoms with Crippen molar-refractivity contribution < 1.29 is 14.3 Å². The molecule has 0 aliphatic carbocycles. The molecule has 132 valence electrons. The maximum Gasteiger partial charge on any atom is 0.153 e. The summed E-state index contributed by atoms with van der Waals surface area (Å²) < 4.78 is 11.1. The Morgan fingerprint density at radius 3 is 2.60 bits per heavy atom. The number of carbonyl (C=O) groups is 1. The van der Waals surface area contributed by atoms with Crippen LogP contribution in [0.5, 0.6) is 11.5 Å². The maximum absolute atomic E-state index is 11.0. The number of anilines is 1. The van der Waals surface area contributed by atoms with E-state index < -0.39 is 0 Å². The van der Waals surface area contributed by atoms with Gasteiger partial charge >= 0.3 is 0 Å². The molecule has 0 aromatic heterocycles. The highest BCUT2D eigenvalue weighted by Crippen LogP contribution is 2.22. The Morgan fingerprint density at radius 2 is 1.84 bits per heavy atom. The van der Waals surface area contributed by atoms with Crippen LogP contribution in [0.2, 0.25) is 0 Å². The summed E-state index contributed by atoms with van der Waals surface area (Å²) in [6.07, 6.45) is 0.836. The van der Waals surface area contributed by atoms with Gasteiger partial charge in [-0.25, -0.2) is 0 Å². The van der Waals surface area contributed by atoms with Gasteiger partial charge in [0.25, 0.3) is 0 Å². The van der Waals surface area contributed by atoms with E-state index in [9.17, 15) is 4.79 Å². The number of benzene rings is 2. The van der Waals surface area contributed by atoms with Crippen molar-refractivity contribution >= 4 is 12.0 Å². The van der Waals surface area contributed by atoms with Gasteiger partial charge in [-0.05, 0) is 24.3 Å². The molecule has 0 atom stereocenters. The average molecular weight is 340 g/mol. The number of rotatable bonds is 7. The lowest BCUT2D eigenvalue weighted by atomic mass is 10.2. The van der Waals surface area contributed by atoms with Gasteiger partial charge in [0.15, 0.2) is 6.29 Å². The van der Waals surface area contributed by atoms with Crippen LogP contribution in [-0.4, -0.2) is 57.6 Å². The standard InChI is InChI=1S/C20H24N2O3/c1-24-19-7-4-6-18(15-19)22-11-9-21(10-12-22)13-14-25-20-8-3-2-5-17(20)16-23/h2-8,15-16H,9-14H2,1H3. The molecule has 1 fully saturated rings. The molecule has 2 aromatic rings. The molecule has 3 rings (SSSR count). The SMILES string of the molecule is COc1cccc(N2CCN(CCOc3ccccc3C=O)CC2)c1. The number of piperazine rings is 1. The van der Waals surface area contributed by atoms with Crippen molar-refractivity contribution in [1.29, 1.82) is 0 Å². The van der Waals surface area contributed by atoms with Crippen molar-refractivity contribution in [2.45, 2.75) is 0 Å². The van der Waals surface area contributed by atoms with Crippen LogP contribution in [0.15, 0.2) is 48.5 Å². The largest absolute Gasteiger partial charge is 0.497 e. The lowest BCUT2D eigenvalue weighted by Gasteiger charge is -2.36. The molecule has 0 N–H and O–H groups in total. The fourth-order valence-corrected chi connectivity index (χ4v) is 3.03. The van der Waals surface area contributed by atoms with Gasteiger partial charge in [0.05, 0.1) is 12.7 Å². The molecule has 1 aliphatic heterocycles. The molecular weight excluding hydrogens is 316 g/mol. The second-order valence-corrected chi connectivity index (χ2v) is 6.03. The first-order valence-electron chi connectivity index (χ1n) is 8.58. The van der Waals surface area contributed by atoms with Crippen LogP contribution in [0.3, 0.4) is 0 Å². The molecule has 1 heterocycles. The lowest BCUT2D eigenvalue weighted by molar-refractivity contribution is 0.111. The molecule has 0 bridgehead atoms. The molecule has 0 radical (unpaired) electrons. The normalized spacial score (nSPS) is 15.0. The number of methoxy groups -OCH3 is 1. The summed E-state index contributed by atoms with van der Waals surface area (Å²) in [6, 6.07) is 15.5. The molecule has 0 spiro atoms. The zero-order valence-electron chi connectivity index (χ0n) is 14.6. The van der Waals surface area contributed by atoms with E-state index >= 15 is 0 Å². The van der Waals surface area contributed by atoms with E-state index in [2.05, 4.69) is 21.9 Å². The Bertz CT molecular complexity index is 697. The Kier molecular flexibility index (Phi) is 5.90. The molecule has 0 saturated carbocycles. The fraction of sp³-hybridized carbons (Fsp3) is 0.350. The number of ether oxygens (including phenoxy) is 2. The molecule has 1 aliphatic rings. The topological polar surface area (TPSA) is 42.0 Å². The number of nitrogens with zero attached hydrogens (tertiary/aromatic N) is 2. The summed E-state index contributed by atoms with van der Waals surface area (Å²) in [6.45, 7) is 5.41. The van der Waals surface area contributed by atoms with E-state index in [1.54, 1.807) is 13.2 Å². The average Bonchev–Trinajstić information content (AvgIpc) is 2.69. The highest BCUT2D eigenvalue weighted by atomic mass is 16.5. The van der Waals surface area contributed by atoms with Gasteiger partial charge in [-0.2, -0.15) is 0 Å². The van der Waals surface area contributed by atoms with Crippen LogP contribution in [0, 0.1) is 0 Å². The van der Waals surface area contributed by atoms with Gasteiger partial charge in [0.1, 0.15) is 18.1 Å². The first-order chi connectivity index (χ1) is 12.3. The van der Waals surface area contributed by atoms with Crippen LogP contribution < -0.4 is 14.4 Å². The van der Waals surface area contributed by atoms with Gasteiger partial charge in [-0.3, -0.25) is 9.69 Å². The first kappa shape index (κ1) is 17.3. The molecule has 2 aromatic carbocycles. The third-order valence-corrected chi connectivity index (χ3v) is 4.50. The molecule has 0 unspecified atom stereocenters.